The van der Waals surface area contributed by atoms with Crippen LogP contribution in [0.5, 0.6) is 0 Å². The molecule has 0 radical (unpaired) electrons. The van der Waals surface area contributed by atoms with E-state index in [1.54, 1.807) is 0 Å². The lowest BCUT2D eigenvalue weighted by molar-refractivity contribution is 0.0956. The number of para-hydroxylation sites is 1. The molecule has 5 rings (SSSR count). The maximum absolute atomic E-state index is 12.4. The van der Waals surface area contributed by atoms with E-state index >= 15 is 0 Å². The van der Waals surface area contributed by atoms with Crippen LogP contribution in [0.3, 0.4) is 0 Å². The van der Waals surface area contributed by atoms with Gasteiger partial charge < -0.3 is 19.7 Å². The molecule has 2 aliphatic rings. The maximum atomic E-state index is 12.4. The summed E-state index contributed by atoms with van der Waals surface area (Å²) in [6.45, 7) is 9.20. The van der Waals surface area contributed by atoms with Gasteiger partial charge in [0.05, 0.1) is 16.6 Å². The first-order valence-corrected chi connectivity index (χ1v) is 10.6. The third-order valence-electron chi connectivity index (χ3n) is 6.16. The Labute approximate surface area is 171 Å². The van der Waals surface area contributed by atoms with Crippen molar-refractivity contribution < 1.29 is 4.79 Å². The summed E-state index contributed by atoms with van der Waals surface area (Å²) >= 11 is 0. The Kier molecular flexibility index (Phi) is 4.72. The van der Waals surface area contributed by atoms with E-state index in [9.17, 15) is 4.79 Å². The summed E-state index contributed by atoms with van der Waals surface area (Å²) in [5, 5.41) is 2.98. The van der Waals surface area contributed by atoms with E-state index in [-0.39, 0.29) is 5.91 Å². The Bertz CT molecular complexity index is 1040. The van der Waals surface area contributed by atoms with Gasteiger partial charge in [-0.3, -0.25) is 4.79 Å². The van der Waals surface area contributed by atoms with Gasteiger partial charge in [-0.25, -0.2) is 4.98 Å². The van der Waals surface area contributed by atoms with Crippen LogP contribution < -0.4 is 10.2 Å². The third kappa shape index (κ3) is 3.27. The molecule has 1 amide bonds. The van der Waals surface area contributed by atoms with Crippen molar-refractivity contribution in [3.63, 3.8) is 0 Å². The van der Waals surface area contributed by atoms with E-state index in [1.807, 2.05) is 18.2 Å². The van der Waals surface area contributed by atoms with E-state index in [1.165, 1.54) is 18.7 Å². The first-order valence-electron chi connectivity index (χ1n) is 10.6. The molecule has 3 heterocycles. The number of likely N-dealkylation sites (N-methyl/N-ethyl adjacent to an activating group) is 1. The second-order valence-electron chi connectivity index (χ2n) is 7.84. The molecule has 0 saturated carbocycles. The molecule has 0 unspecified atom stereocenters. The Hall–Kier alpha value is -2.86. The number of imidazole rings is 1. The molecular weight excluding hydrogens is 362 g/mol. The minimum atomic E-state index is -0.0153. The molecular formula is C23H27N5O. The number of hydrogen-bond donors (Lipinski definition) is 1. The predicted octanol–water partition coefficient (Wildman–Crippen LogP) is 2.98. The highest BCUT2D eigenvalue weighted by Gasteiger charge is 2.22. The Morgan fingerprint density at radius 3 is 2.69 bits per heavy atom. The van der Waals surface area contributed by atoms with Crippen LogP contribution in [-0.4, -0.2) is 59.6 Å². The van der Waals surface area contributed by atoms with Crippen LogP contribution in [0, 0.1) is 0 Å². The second kappa shape index (κ2) is 7.52. The van der Waals surface area contributed by atoms with Crippen molar-refractivity contribution in [2.45, 2.75) is 19.9 Å². The number of amides is 1. The quantitative estimate of drug-likeness (QED) is 0.748. The Morgan fingerprint density at radius 2 is 1.86 bits per heavy atom. The third-order valence-corrected chi connectivity index (χ3v) is 6.16. The monoisotopic (exact) mass is 389 g/mol. The van der Waals surface area contributed by atoms with Crippen molar-refractivity contribution >= 4 is 22.6 Å². The highest BCUT2D eigenvalue weighted by atomic mass is 16.1. The minimum Gasteiger partial charge on any atom is -0.370 e. The van der Waals surface area contributed by atoms with E-state index < -0.39 is 0 Å². The van der Waals surface area contributed by atoms with Gasteiger partial charge in [0.15, 0.2) is 0 Å². The van der Waals surface area contributed by atoms with E-state index in [2.05, 4.69) is 50.9 Å². The van der Waals surface area contributed by atoms with E-state index in [4.69, 9.17) is 4.98 Å². The second-order valence-corrected chi connectivity index (χ2v) is 7.84. The molecule has 2 aliphatic heterocycles. The van der Waals surface area contributed by atoms with Gasteiger partial charge >= 0.3 is 0 Å². The fourth-order valence-electron chi connectivity index (χ4n) is 4.55. The normalized spacial score (nSPS) is 17.8. The Morgan fingerprint density at radius 1 is 1.00 bits per heavy atom. The van der Waals surface area contributed by atoms with Crippen molar-refractivity contribution in [1.29, 1.82) is 0 Å². The lowest BCUT2D eigenvalue weighted by atomic mass is 10.1. The molecule has 29 heavy (non-hydrogen) atoms. The van der Waals surface area contributed by atoms with Crippen molar-refractivity contribution in [2.24, 2.45) is 0 Å². The molecule has 1 N–H and O–H groups in total. The summed E-state index contributed by atoms with van der Waals surface area (Å²) in [6.07, 6.45) is 1.20. The van der Waals surface area contributed by atoms with Gasteiger partial charge in [-0.1, -0.05) is 13.0 Å². The van der Waals surface area contributed by atoms with Gasteiger partial charge in [-0.15, -0.1) is 0 Å². The van der Waals surface area contributed by atoms with Crippen molar-refractivity contribution in [3.05, 3.63) is 48.0 Å². The van der Waals surface area contributed by atoms with Gasteiger partial charge in [-0.05, 0) is 55.9 Å². The number of rotatable bonds is 3. The standard InChI is InChI=1S/C23H27N5O/c1-2-26-12-4-13-27(16-15-26)18-9-7-17(8-10-18)22-25-20-6-3-5-19-21(20)28(22)14-11-24-23(19)29/h3,5-10H,2,4,11-16H2,1H3,(H,24,29). The lowest BCUT2D eigenvalue weighted by Crippen LogP contribution is -2.30. The number of nitrogens with one attached hydrogen (secondary N) is 1. The summed E-state index contributed by atoms with van der Waals surface area (Å²) in [5.41, 5.74) is 4.89. The number of aromatic nitrogens is 2. The number of carbonyl (C=O) groups is 1. The van der Waals surface area contributed by atoms with Crippen LogP contribution in [0.25, 0.3) is 22.4 Å². The molecule has 1 fully saturated rings. The van der Waals surface area contributed by atoms with Crippen LogP contribution in [-0.2, 0) is 6.54 Å². The molecule has 0 bridgehead atoms. The van der Waals surface area contributed by atoms with Gasteiger partial charge in [0.2, 0.25) is 0 Å². The van der Waals surface area contributed by atoms with Crippen LogP contribution in [0.2, 0.25) is 0 Å². The van der Waals surface area contributed by atoms with Gasteiger partial charge in [-0.2, -0.15) is 0 Å². The fraction of sp³-hybridized carbons (Fsp3) is 0.391. The SMILES string of the molecule is CCN1CCCN(c2ccc(-c3nc4cccc5c4n3CCNC5=O)cc2)CC1. The van der Waals surface area contributed by atoms with E-state index in [0.717, 1.165) is 55.1 Å². The molecule has 0 spiro atoms. The summed E-state index contributed by atoms with van der Waals surface area (Å²) < 4.78 is 2.18. The summed E-state index contributed by atoms with van der Waals surface area (Å²) in [7, 11) is 0. The fourth-order valence-corrected chi connectivity index (χ4v) is 4.55. The summed E-state index contributed by atoms with van der Waals surface area (Å²) in [6, 6.07) is 14.5. The minimum absolute atomic E-state index is 0.0153. The molecule has 3 aromatic rings. The number of hydrogen-bond acceptors (Lipinski definition) is 4. The molecule has 1 aromatic heterocycles. The van der Waals surface area contributed by atoms with Crippen molar-refractivity contribution in [3.8, 4) is 11.4 Å². The zero-order valence-corrected chi connectivity index (χ0v) is 16.9. The van der Waals surface area contributed by atoms with Crippen LogP contribution in [0.4, 0.5) is 5.69 Å². The van der Waals surface area contributed by atoms with Crippen LogP contribution in [0.1, 0.15) is 23.7 Å². The van der Waals surface area contributed by atoms with E-state index in [0.29, 0.717) is 12.1 Å². The van der Waals surface area contributed by atoms with Crippen LogP contribution >= 0.6 is 0 Å². The molecule has 0 aliphatic carbocycles. The molecule has 0 atom stereocenters. The average Bonchev–Trinajstić information content (AvgIpc) is 2.89. The highest BCUT2D eigenvalue weighted by Crippen LogP contribution is 2.29. The molecule has 150 valence electrons. The zero-order valence-electron chi connectivity index (χ0n) is 16.9. The molecule has 1 saturated heterocycles. The van der Waals surface area contributed by atoms with Gasteiger partial charge in [0, 0.05) is 44.0 Å². The smallest absolute Gasteiger partial charge is 0.253 e. The molecule has 6 nitrogen and oxygen atoms in total. The van der Waals surface area contributed by atoms with Crippen molar-refractivity contribution in [1.82, 2.24) is 19.8 Å². The lowest BCUT2D eigenvalue weighted by Gasteiger charge is -2.23. The van der Waals surface area contributed by atoms with Gasteiger partial charge in [0.25, 0.3) is 5.91 Å². The zero-order chi connectivity index (χ0) is 19.8. The number of anilines is 1. The largest absolute Gasteiger partial charge is 0.370 e. The number of nitrogens with zero attached hydrogens (tertiary/aromatic N) is 4. The molecule has 6 heteroatoms. The van der Waals surface area contributed by atoms with Gasteiger partial charge in [0.1, 0.15) is 5.82 Å². The first kappa shape index (κ1) is 18.2. The average molecular weight is 390 g/mol. The number of carbonyl (C=O) groups excluding carboxylic acids is 1. The Balaban J connectivity index is 1.48. The summed E-state index contributed by atoms with van der Waals surface area (Å²) in [5.74, 6) is 0.918. The topological polar surface area (TPSA) is 53.4 Å². The highest BCUT2D eigenvalue weighted by molar-refractivity contribution is 6.06. The number of benzene rings is 2. The first-order chi connectivity index (χ1) is 14.2. The molecule has 2 aromatic carbocycles. The van der Waals surface area contributed by atoms with Crippen LogP contribution in [0.15, 0.2) is 42.5 Å². The predicted molar refractivity (Wildman–Crippen MR) is 116 cm³/mol. The maximum Gasteiger partial charge on any atom is 0.253 e. The van der Waals surface area contributed by atoms with Crippen molar-refractivity contribution in [2.75, 3.05) is 44.2 Å². The summed E-state index contributed by atoms with van der Waals surface area (Å²) in [4.78, 5) is 22.2.